The van der Waals surface area contributed by atoms with Gasteiger partial charge in [0.05, 0.1) is 5.75 Å². The average molecular weight is 334 g/mol. The molecule has 0 radical (unpaired) electrons. The van der Waals surface area contributed by atoms with Gasteiger partial charge in [-0.15, -0.1) is 0 Å². The van der Waals surface area contributed by atoms with E-state index in [1.165, 1.54) is 16.5 Å². The summed E-state index contributed by atoms with van der Waals surface area (Å²) in [5.41, 5.74) is 3.80. The van der Waals surface area contributed by atoms with Gasteiger partial charge in [-0.2, -0.15) is 0 Å². The zero-order chi connectivity index (χ0) is 16.6. The van der Waals surface area contributed by atoms with E-state index in [9.17, 15) is 13.2 Å². The highest BCUT2D eigenvalue weighted by molar-refractivity contribution is 7.94. The van der Waals surface area contributed by atoms with Crippen molar-refractivity contribution < 1.29 is 13.2 Å². The summed E-state index contributed by atoms with van der Waals surface area (Å²) >= 11 is 0. The van der Waals surface area contributed by atoms with Crippen LogP contribution in [0.4, 0.5) is 0 Å². The molecule has 23 heavy (non-hydrogen) atoms. The average Bonchev–Trinajstić information content (AvgIpc) is 2.99. The second-order valence-electron chi connectivity index (χ2n) is 6.65. The van der Waals surface area contributed by atoms with Crippen molar-refractivity contribution in [3.05, 3.63) is 46.4 Å². The summed E-state index contributed by atoms with van der Waals surface area (Å²) in [6, 6.07) is 6.38. The smallest absolute Gasteiger partial charge is 0.223 e. The van der Waals surface area contributed by atoms with Crippen molar-refractivity contribution in [2.24, 2.45) is 5.92 Å². The van der Waals surface area contributed by atoms with Crippen molar-refractivity contribution in [2.45, 2.75) is 26.1 Å². The second kappa shape index (κ2) is 6.09. The maximum Gasteiger partial charge on any atom is 0.223 e. The topological polar surface area (TPSA) is 57.7 Å². The summed E-state index contributed by atoms with van der Waals surface area (Å²) < 4.78 is 22.8. The summed E-state index contributed by atoms with van der Waals surface area (Å²) in [6.07, 6.45) is 1.88. The van der Waals surface area contributed by atoms with Gasteiger partial charge in [-0.05, 0) is 23.7 Å². The fourth-order valence-corrected chi connectivity index (χ4v) is 4.62. The maximum atomic E-state index is 12.3. The van der Waals surface area contributed by atoms with Gasteiger partial charge in [-0.25, -0.2) is 8.42 Å². The summed E-state index contributed by atoms with van der Waals surface area (Å²) in [5.74, 6) is -0.157. The number of fused-ring (bicyclic) bond motifs is 1. The van der Waals surface area contributed by atoms with Gasteiger partial charge in [-0.1, -0.05) is 24.3 Å². The number of sulfone groups is 1. The molecule has 0 saturated carbocycles. The first-order valence-corrected chi connectivity index (χ1v) is 9.48. The zero-order valence-corrected chi connectivity index (χ0v) is 14.3. The molecule has 0 bridgehead atoms. The fraction of sp³-hybridized carbons (Fsp3) is 0.471. The van der Waals surface area contributed by atoms with E-state index >= 15 is 0 Å². The van der Waals surface area contributed by atoms with Gasteiger partial charge in [0, 0.05) is 44.4 Å². The van der Waals surface area contributed by atoms with Crippen LogP contribution in [0.25, 0.3) is 0 Å². The molecule has 6 heteroatoms. The van der Waals surface area contributed by atoms with Crippen LogP contribution in [-0.4, -0.2) is 44.0 Å². The van der Waals surface area contributed by atoms with E-state index in [-0.39, 0.29) is 24.0 Å². The standard InChI is InChI=1S/C17H22N2O3S/c1-18-10-15-4-3-13(7-16(15)11-18)9-19(2)17(20)8-14-5-6-23(21,22)12-14/h3-7,14H,8-12H2,1-2H3. The number of carbonyl (C=O) groups is 1. The molecule has 3 rings (SSSR count). The van der Waals surface area contributed by atoms with Crippen molar-refractivity contribution in [3.63, 3.8) is 0 Å². The van der Waals surface area contributed by atoms with Gasteiger partial charge in [0.1, 0.15) is 0 Å². The SMILES string of the molecule is CN1Cc2ccc(CN(C)C(=O)CC3C=CS(=O)(=O)C3)cc2C1. The molecule has 5 nitrogen and oxygen atoms in total. The maximum absolute atomic E-state index is 12.3. The number of hydrogen-bond donors (Lipinski definition) is 0. The second-order valence-corrected chi connectivity index (χ2v) is 8.58. The first-order valence-electron chi connectivity index (χ1n) is 7.76. The Morgan fingerprint density at radius 3 is 2.74 bits per heavy atom. The van der Waals surface area contributed by atoms with Crippen molar-refractivity contribution in [2.75, 3.05) is 19.8 Å². The monoisotopic (exact) mass is 334 g/mol. The lowest BCUT2D eigenvalue weighted by Crippen LogP contribution is -2.28. The molecule has 2 aliphatic rings. The van der Waals surface area contributed by atoms with E-state index in [1.54, 1.807) is 18.0 Å². The lowest BCUT2D eigenvalue weighted by Gasteiger charge is -2.19. The molecule has 1 atom stereocenters. The van der Waals surface area contributed by atoms with E-state index in [4.69, 9.17) is 0 Å². The van der Waals surface area contributed by atoms with Crippen LogP contribution in [0.1, 0.15) is 23.1 Å². The number of benzene rings is 1. The highest BCUT2D eigenvalue weighted by Crippen LogP contribution is 2.23. The minimum absolute atomic E-state index is 0.0191. The van der Waals surface area contributed by atoms with Gasteiger partial charge < -0.3 is 4.90 Å². The molecule has 124 valence electrons. The molecule has 0 N–H and O–H groups in total. The number of allylic oxidation sites excluding steroid dienone is 1. The van der Waals surface area contributed by atoms with Crippen LogP contribution in [0.5, 0.6) is 0 Å². The Balaban J connectivity index is 1.59. The van der Waals surface area contributed by atoms with E-state index in [0.29, 0.717) is 6.54 Å². The van der Waals surface area contributed by atoms with Crippen LogP contribution in [0.2, 0.25) is 0 Å². The van der Waals surface area contributed by atoms with E-state index in [2.05, 4.69) is 30.1 Å². The third-order valence-electron chi connectivity index (χ3n) is 4.44. The van der Waals surface area contributed by atoms with Gasteiger partial charge >= 0.3 is 0 Å². The Morgan fingerprint density at radius 2 is 2.04 bits per heavy atom. The molecule has 1 unspecified atom stereocenters. The van der Waals surface area contributed by atoms with Gasteiger partial charge in [0.15, 0.2) is 9.84 Å². The molecule has 0 aromatic heterocycles. The van der Waals surface area contributed by atoms with Crippen LogP contribution in [0, 0.1) is 5.92 Å². The molecule has 1 aromatic carbocycles. The summed E-state index contributed by atoms with van der Waals surface area (Å²) in [7, 11) is 0.775. The highest BCUT2D eigenvalue weighted by Gasteiger charge is 2.25. The predicted molar refractivity (Wildman–Crippen MR) is 89.1 cm³/mol. The number of carbonyl (C=O) groups excluding carboxylic acids is 1. The molecule has 0 aliphatic carbocycles. The molecule has 0 saturated heterocycles. The third-order valence-corrected chi connectivity index (χ3v) is 5.90. The molecule has 0 spiro atoms. The fourth-order valence-electron chi connectivity index (χ4n) is 3.23. The third kappa shape index (κ3) is 3.82. The summed E-state index contributed by atoms with van der Waals surface area (Å²) in [5, 5.41) is 1.22. The van der Waals surface area contributed by atoms with Gasteiger partial charge in [-0.3, -0.25) is 9.69 Å². The van der Waals surface area contributed by atoms with Crippen molar-refractivity contribution in [1.29, 1.82) is 0 Å². The molecular weight excluding hydrogens is 312 g/mol. The summed E-state index contributed by atoms with van der Waals surface area (Å²) in [6.45, 7) is 2.48. The van der Waals surface area contributed by atoms with E-state index in [0.717, 1.165) is 18.7 Å². The Morgan fingerprint density at radius 1 is 1.30 bits per heavy atom. The quantitative estimate of drug-likeness (QED) is 0.838. The number of rotatable bonds is 4. The lowest BCUT2D eigenvalue weighted by molar-refractivity contribution is -0.130. The van der Waals surface area contributed by atoms with E-state index < -0.39 is 9.84 Å². The molecule has 0 fully saturated rings. The molecule has 1 aromatic rings. The van der Waals surface area contributed by atoms with Crippen LogP contribution in [-0.2, 0) is 34.3 Å². The Labute approximate surface area is 137 Å². The van der Waals surface area contributed by atoms with Crippen LogP contribution < -0.4 is 0 Å². The Kier molecular flexibility index (Phi) is 4.29. The van der Waals surface area contributed by atoms with Crippen LogP contribution in [0.15, 0.2) is 29.7 Å². The van der Waals surface area contributed by atoms with Crippen molar-refractivity contribution >= 4 is 15.7 Å². The van der Waals surface area contributed by atoms with Crippen LogP contribution in [0.3, 0.4) is 0 Å². The molecule has 2 heterocycles. The number of amides is 1. The first-order chi connectivity index (χ1) is 10.8. The van der Waals surface area contributed by atoms with Gasteiger partial charge in [0.2, 0.25) is 5.91 Å². The first kappa shape index (κ1) is 16.2. The van der Waals surface area contributed by atoms with E-state index in [1.807, 2.05) is 0 Å². The Hall–Kier alpha value is -1.66. The minimum Gasteiger partial charge on any atom is -0.341 e. The van der Waals surface area contributed by atoms with Gasteiger partial charge in [0.25, 0.3) is 0 Å². The highest BCUT2D eigenvalue weighted by atomic mass is 32.2. The van der Waals surface area contributed by atoms with Crippen molar-refractivity contribution in [1.82, 2.24) is 9.80 Å². The Bertz CT molecular complexity index is 755. The predicted octanol–water partition coefficient (Wildman–Crippen LogP) is 1.54. The number of nitrogens with zero attached hydrogens (tertiary/aromatic N) is 2. The number of hydrogen-bond acceptors (Lipinski definition) is 4. The van der Waals surface area contributed by atoms with Crippen molar-refractivity contribution in [3.8, 4) is 0 Å². The lowest BCUT2D eigenvalue weighted by atomic mass is 10.1. The summed E-state index contributed by atoms with van der Waals surface area (Å²) in [4.78, 5) is 16.2. The zero-order valence-electron chi connectivity index (χ0n) is 13.5. The molecule has 2 aliphatic heterocycles. The largest absolute Gasteiger partial charge is 0.341 e. The van der Waals surface area contributed by atoms with Crippen LogP contribution >= 0.6 is 0 Å². The minimum atomic E-state index is -3.09. The molecular formula is C17H22N2O3S. The molecule has 1 amide bonds. The normalized spacial score (nSPS) is 22.3.